The summed E-state index contributed by atoms with van der Waals surface area (Å²) in [6.07, 6.45) is 0.0457. The van der Waals surface area contributed by atoms with Crippen LogP contribution in [0.15, 0.2) is 48.5 Å². The fourth-order valence-electron chi connectivity index (χ4n) is 4.93. The minimum atomic E-state index is -0.865. The Bertz CT molecular complexity index is 1040. The summed E-state index contributed by atoms with van der Waals surface area (Å²) >= 11 is 0. The largest absolute Gasteiger partial charge is 0.481 e. The molecule has 4 rings (SSSR count). The summed E-state index contributed by atoms with van der Waals surface area (Å²) in [5, 5.41) is 12.3. The number of fused-ring (bicyclic) bond motifs is 3. The molecule has 34 heavy (non-hydrogen) atoms. The second-order valence-corrected chi connectivity index (χ2v) is 9.71. The fourth-order valence-corrected chi connectivity index (χ4v) is 4.93. The van der Waals surface area contributed by atoms with Crippen LogP contribution in [0.5, 0.6) is 0 Å². The molecule has 1 aliphatic carbocycles. The minimum absolute atomic E-state index is 0.0149. The number of rotatable bonds is 8. The molecule has 0 radical (unpaired) electrons. The molecule has 0 bridgehead atoms. The van der Waals surface area contributed by atoms with Crippen molar-refractivity contribution in [3.8, 4) is 11.1 Å². The van der Waals surface area contributed by atoms with Crippen molar-refractivity contribution in [1.82, 2.24) is 10.2 Å². The van der Waals surface area contributed by atoms with Gasteiger partial charge in [-0.15, -0.1) is 0 Å². The van der Waals surface area contributed by atoms with E-state index in [1.54, 1.807) is 4.90 Å². The Morgan fingerprint density at radius 2 is 1.62 bits per heavy atom. The first-order valence-corrected chi connectivity index (χ1v) is 11.9. The molecule has 0 spiro atoms. The van der Waals surface area contributed by atoms with Gasteiger partial charge in [0.2, 0.25) is 5.91 Å². The number of likely N-dealkylation sites (tertiary alicyclic amines) is 1. The molecule has 1 saturated heterocycles. The van der Waals surface area contributed by atoms with Crippen LogP contribution in [0.3, 0.4) is 0 Å². The highest BCUT2D eigenvalue weighted by atomic mass is 16.5. The van der Waals surface area contributed by atoms with Gasteiger partial charge in [-0.3, -0.25) is 9.59 Å². The number of nitrogens with zero attached hydrogens (tertiary/aromatic N) is 1. The van der Waals surface area contributed by atoms with Crippen LogP contribution in [0.2, 0.25) is 0 Å². The topological polar surface area (TPSA) is 95.9 Å². The maximum Gasteiger partial charge on any atom is 0.407 e. The van der Waals surface area contributed by atoms with Crippen LogP contribution in [0, 0.1) is 11.3 Å². The zero-order chi connectivity index (χ0) is 24.5. The van der Waals surface area contributed by atoms with Gasteiger partial charge in [-0.25, -0.2) is 4.79 Å². The molecule has 0 aromatic heterocycles. The quantitative estimate of drug-likeness (QED) is 0.609. The van der Waals surface area contributed by atoms with Gasteiger partial charge in [-0.1, -0.05) is 69.3 Å². The summed E-state index contributed by atoms with van der Waals surface area (Å²) in [5.74, 6) is -1.03. The Hall–Kier alpha value is -3.35. The van der Waals surface area contributed by atoms with E-state index in [0.29, 0.717) is 6.42 Å². The van der Waals surface area contributed by atoms with Crippen LogP contribution in [0.4, 0.5) is 4.79 Å². The number of carbonyl (C=O) groups is 3. The molecule has 1 atom stereocenters. The molecule has 2 amide bonds. The standard InChI is InChI=1S/C27H32N2O5/c1-4-27(25(31)32)15-29(16-27)24(30)13-23(17(2)3)28-26(33)34-14-22-20-11-7-5-9-18(20)19-10-6-8-12-21(19)22/h5-12,17,22-23H,4,13-16H2,1-3H3,(H,28,33)(H,31,32)/t23-/m0/s1. The van der Waals surface area contributed by atoms with Crippen LogP contribution in [0.1, 0.15) is 50.7 Å². The lowest BCUT2D eigenvalue weighted by Crippen LogP contribution is -2.62. The molecule has 0 saturated carbocycles. The lowest BCUT2D eigenvalue weighted by molar-refractivity contribution is -0.166. The van der Waals surface area contributed by atoms with Crippen molar-refractivity contribution in [1.29, 1.82) is 0 Å². The molecule has 7 nitrogen and oxygen atoms in total. The molecule has 1 aliphatic heterocycles. The van der Waals surface area contributed by atoms with Crippen LogP contribution in [-0.2, 0) is 14.3 Å². The first-order chi connectivity index (χ1) is 16.3. The molecule has 2 aromatic rings. The number of carboxylic acids is 1. The van der Waals surface area contributed by atoms with Gasteiger partial charge >= 0.3 is 12.1 Å². The number of nitrogens with one attached hydrogen (secondary N) is 1. The normalized spacial score (nSPS) is 16.9. The Labute approximate surface area is 200 Å². The SMILES string of the molecule is CCC1(C(=O)O)CN(C(=O)C[C@H](NC(=O)OCC2c3ccccc3-c3ccccc32)C(C)C)C1. The number of amides is 2. The molecule has 180 valence electrons. The number of hydrogen-bond acceptors (Lipinski definition) is 4. The van der Waals surface area contributed by atoms with Gasteiger partial charge in [-0.05, 0) is 34.6 Å². The van der Waals surface area contributed by atoms with Gasteiger partial charge in [0.15, 0.2) is 0 Å². The maximum atomic E-state index is 12.7. The third kappa shape index (κ3) is 4.39. The highest BCUT2D eigenvalue weighted by Crippen LogP contribution is 2.44. The number of hydrogen-bond donors (Lipinski definition) is 2. The first-order valence-electron chi connectivity index (χ1n) is 11.9. The molecule has 7 heteroatoms. The lowest BCUT2D eigenvalue weighted by Gasteiger charge is -2.47. The number of carboxylic acid groups (broad SMARTS) is 1. The van der Waals surface area contributed by atoms with E-state index in [9.17, 15) is 19.5 Å². The second-order valence-electron chi connectivity index (χ2n) is 9.71. The minimum Gasteiger partial charge on any atom is -0.481 e. The number of ether oxygens (including phenoxy) is 1. The molecule has 1 heterocycles. The predicted octanol–water partition coefficient (Wildman–Crippen LogP) is 4.26. The van der Waals surface area contributed by atoms with E-state index in [2.05, 4.69) is 29.6 Å². The summed E-state index contributed by atoms with van der Waals surface area (Å²) in [6, 6.07) is 15.9. The van der Waals surface area contributed by atoms with Crippen molar-refractivity contribution in [3.05, 3.63) is 59.7 Å². The van der Waals surface area contributed by atoms with Crippen LogP contribution in [-0.4, -0.2) is 53.7 Å². The zero-order valence-electron chi connectivity index (χ0n) is 19.9. The third-order valence-electron chi connectivity index (χ3n) is 7.32. The lowest BCUT2D eigenvalue weighted by atomic mass is 9.77. The molecule has 0 unspecified atom stereocenters. The second kappa shape index (κ2) is 9.49. The number of carbonyl (C=O) groups excluding carboxylic acids is 2. The van der Waals surface area contributed by atoms with E-state index < -0.39 is 23.5 Å². The Morgan fingerprint density at radius 1 is 1.06 bits per heavy atom. The summed E-state index contributed by atoms with van der Waals surface area (Å²) < 4.78 is 5.63. The van der Waals surface area contributed by atoms with Crippen molar-refractivity contribution in [3.63, 3.8) is 0 Å². The molecular weight excluding hydrogens is 432 g/mol. The zero-order valence-corrected chi connectivity index (χ0v) is 19.9. The molecule has 1 fully saturated rings. The van der Waals surface area contributed by atoms with E-state index in [1.807, 2.05) is 45.0 Å². The Kier molecular flexibility index (Phi) is 6.64. The Morgan fingerprint density at radius 3 is 2.12 bits per heavy atom. The monoisotopic (exact) mass is 464 g/mol. The van der Waals surface area contributed by atoms with Gasteiger partial charge < -0.3 is 20.1 Å². The number of alkyl carbamates (subject to hydrolysis) is 1. The average Bonchev–Trinajstić information content (AvgIpc) is 3.10. The fraction of sp³-hybridized carbons (Fsp3) is 0.444. The highest BCUT2D eigenvalue weighted by Gasteiger charge is 2.50. The molecule has 2 N–H and O–H groups in total. The number of benzene rings is 2. The third-order valence-corrected chi connectivity index (χ3v) is 7.32. The molecule has 2 aromatic carbocycles. The van der Waals surface area contributed by atoms with Gasteiger partial charge in [-0.2, -0.15) is 0 Å². The average molecular weight is 465 g/mol. The van der Waals surface area contributed by atoms with Crippen molar-refractivity contribution in [2.24, 2.45) is 11.3 Å². The van der Waals surface area contributed by atoms with Crippen LogP contribution < -0.4 is 5.32 Å². The Balaban J connectivity index is 1.35. The van der Waals surface area contributed by atoms with E-state index in [-0.39, 0.29) is 43.9 Å². The summed E-state index contributed by atoms with van der Waals surface area (Å²) in [5.41, 5.74) is 3.77. The van der Waals surface area contributed by atoms with Crippen LogP contribution >= 0.6 is 0 Å². The molecular formula is C27H32N2O5. The maximum absolute atomic E-state index is 12.7. The van der Waals surface area contributed by atoms with E-state index in [0.717, 1.165) is 22.3 Å². The van der Waals surface area contributed by atoms with Crippen molar-refractivity contribution < 1.29 is 24.2 Å². The van der Waals surface area contributed by atoms with Gasteiger partial charge in [0.1, 0.15) is 12.0 Å². The first kappa shape index (κ1) is 23.8. The van der Waals surface area contributed by atoms with Gasteiger partial charge in [0, 0.05) is 31.5 Å². The van der Waals surface area contributed by atoms with Gasteiger partial charge in [0.25, 0.3) is 0 Å². The van der Waals surface area contributed by atoms with E-state index >= 15 is 0 Å². The van der Waals surface area contributed by atoms with Crippen molar-refractivity contribution in [2.45, 2.75) is 45.6 Å². The summed E-state index contributed by atoms with van der Waals surface area (Å²) in [6.45, 7) is 6.34. The smallest absolute Gasteiger partial charge is 0.407 e. The van der Waals surface area contributed by atoms with E-state index in [1.165, 1.54) is 0 Å². The summed E-state index contributed by atoms with van der Waals surface area (Å²) in [4.78, 5) is 38.5. The van der Waals surface area contributed by atoms with E-state index in [4.69, 9.17) is 4.74 Å². The number of aliphatic carboxylic acids is 1. The predicted molar refractivity (Wildman–Crippen MR) is 128 cm³/mol. The summed E-state index contributed by atoms with van der Waals surface area (Å²) in [7, 11) is 0. The highest BCUT2D eigenvalue weighted by molar-refractivity contribution is 5.84. The van der Waals surface area contributed by atoms with Gasteiger partial charge in [0.05, 0.1) is 0 Å². The van der Waals surface area contributed by atoms with Crippen LogP contribution in [0.25, 0.3) is 11.1 Å². The van der Waals surface area contributed by atoms with Crippen molar-refractivity contribution >= 4 is 18.0 Å². The van der Waals surface area contributed by atoms with Crippen molar-refractivity contribution in [2.75, 3.05) is 19.7 Å². The molecule has 2 aliphatic rings.